The van der Waals surface area contributed by atoms with E-state index in [1.165, 1.54) is 0 Å². The molecule has 0 aromatic heterocycles. The number of likely N-dealkylation sites (N-methyl/N-ethyl adjacent to an activating group) is 1. The Balaban J connectivity index is 2.76. The predicted octanol–water partition coefficient (Wildman–Crippen LogP) is 4.29. The fourth-order valence-electron chi connectivity index (χ4n) is 3.21. The quantitative estimate of drug-likeness (QED) is 0.789. The molecule has 1 unspecified atom stereocenters. The van der Waals surface area contributed by atoms with Crippen molar-refractivity contribution in [2.24, 2.45) is 5.41 Å². The average Bonchev–Trinajstić information content (AvgIpc) is 2.32. The van der Waals surface area contributed by atoms with Crippen LogP contribution in [0.15, 0.2) is 0 Å². The van der Waals surface area contributed by atoms with Gasteiger partial charge in [0.25, 0.3) is 0 Å². The van der Waals surface area contributed by atoms with E-state index in [1.807, 2.05) is 6.92 Å². The molecule has 0 saturated heterocycles. The fraction of sp³-hybridized carbons (Fsp3) is 1.00. The van der Waals surface area contributed by atoms with Gasteiger partial charge in [-0.15, -0.1) is 0 Å². The second kappa shape index (κ2) is 6.65. The zero-order valence-corrected chi connectivity index (χ0v) is 13.1. The van der Waals surface area contributed by atoms with Crippen LogP contribution in [0.4, 0.5) is 13.2 Å². The molecule has 2 nitrogen and oxygen atoms in total. The van der Waals surface area contributed by atoms with Gasteiger partial charge in [0.2, 0.25) is 0 Å². The van der Waals surface area contributed by atoms with Crippen molar-refractivity contribution in [3.05, 3.63) is 0 Å². The van der Waals surface area contributed by atoms with Crippen LogP contribution in [-0.4, -0.2) is 31.5 Å². The Hall–Kier alpha value is -0.290. The first kappa shape index (κ1) is 17.8. The average molecular weight is 295 g/mol. The zero-order valence-electron chi connectivity index (χ0n) is 13.1. The van der Waals surface area contributed by atoms with Gasteiger partial charge in [-0.1, -0.05) is 13.8 Å². The van der Waals surface area contributed by atoms with E-state index >= 15 is 0 Å². The van der Waals surface area contributed by atoms with Gasteiger partial charge in [0.1, 0.15) is 0 Å². The lowest BCUT2D eigenvalue weighted by Crippen LogP contribution is -2.54. The summed E-state index contributed by atoms with van der Waals surface area (Å²) in [6.45, 7) is 6.89. The van der Waals surface area contributed by atoms with Crippen LogP contribution in [0.2, 0.25) is 0 Å². The predicted molar refractivity (Wildman–Crippen MR) is 74.7 cm³/mol. The SMILES string of the molecule is CCOC1(C(CCC(F)(F)F)NC)CCC(C)(C)CC1. The second-order valence-corrected chi connectivity index (χ2v) is 6.66. The summed E-state index contributed by atoms with van der Waals surface area (Å²) in [5.74, 6) is 0. The third kappa shape index (κ3) is 4.92. The minimum Gasteiger partial charge on any atom is -0.374 e. The first-order valence-corrected chi connectivity index (χ1v) is 7.52. The van der Waals surface area contributed by atoms with Gasteiger partial charge in [0.05, 0.1) is 5.60 Å². The highest BCUT2D eigenvalue weighted by molar-refractivity contribution is 4.98. The van der Waals surface area contributed by atoms with Gasteiger partial charge in [0, 0.05) is 19.1 Å². The van der Waals surface area contributed by atoms with Crippen molar-refractivity contribution in [1.29, 1.82) is 0 Å². The van der Waals surface area contributed by atoms with Gasteiger partial charge in [-0.05, 0) is 51.5 Å². The number of alkyl halides is 3. The summed E-state index contributed by atoms with van der Waals surface area (Å²) in [5, 5.41) is 3.07. The van der Waals surface area contributed by atoms with E-state index in [-0.39, 0.29) is 17.9 Å². The van der Waals surface area contributed by atoms with Gasteiger partial charge in [0.15, 0.2) is 0 Å². The van der Waals surface area contributed by atoms with E-state index in [4.69, 9.17) is 4.74 Å². The third-order valence-corrected chi connectivity index (χ3v) is 4.58. The first-order valence-electron chi connectivity index (χ1n) is 7.52. The molecule has 20 heavy (non-hydrogen) atoms. The van der Waals surface area contributed by atoms with Crippen LogP contribution < -0.4 is 5.32 Å². The monoisotopic (exact) mass is 295 g/mol. The molecule has 120 valence electrons. The van der Waals surface area contributed by atoms with Crippen molar-refractivity contribution in [2.45, 2.75) is 77.1 Å². The molecule has 0 aromatic rings. The molecule has 1 rings (SSSR count). The molecule has 5 heteroatoms. The fourth-order valence-corrected chi connectivity index (χ4v) is 3.21. The number of hydrogen-bond acceptors (Lipinski definition) is 2. The largest absolute Gasteiger partial charge is 0.389 e. The van der Waals surface area contributed by atoms with Gasteiger partial charge >= 0.3 is 6.18 Å². The standard InChI is InChI=1S/C15H28F3NO/c1-5-20-14(10-8-13(2,3)9-11-14)12(19-4)6-7-15(16,17)18/h12,19H,5-11H2,1-4H3. The molecule has 0 heterocycles. The highest BCUT2D eigenvalue weighted by atomic mass is 19.4. The molecule has 0 aromatic carbocycles. The van der Waals surface area contributed by atoms with E-state index in [2.05, 4.69) is 19.2 Å². The van der Waals surface area contributed by atoms with Gasteiger partial charge in [-0.3, -0.25) is 0 Å². The summed E-state index contributed by atoms with van der Waals surface area (Å²) in [4.78, 5) is 0. The first-order chi connectivity index (χ1) is 9.14. The Bertz CT molecular complexity index is 292. The van der Waals surface area contributed by atoms with Crippen molar-refractivity contribution in [2.75, 3.05) is 13.7 Å². The highest BCUT2D eigenvalue weighted by Crippen LogP contribution is 2.44. The molecule has 1 fully saturated rings. The minimum atomic E-state index is -4.10. The lowest BCUT2D eigenvalue weighted by Gasteiger charge is -2.47. The molecule has 0 spiro atoms. The Kier molecular flexibility index (Phi) is 5.90. The number of halogens is 3. The topological polar surface area (TPSA) is 21.3 Å². The van der Waals surface area contributed by atoms with Crippen molar-refractivity contribution < 1.29 is 17.9 Å². The zero-order chi connectivity index (χ0) is 15.4. The van der Waals surface area contributed by atoms with Crippen molar-refractivity contribution in [3.63, 3.8) is 0 Å². The summed E-state index contributed by atoms with van der Waals surface area (Å²) in [6.07, 6.45) is -1.11. The normalized spacial score (nSPS) is 23.6. The maximum atomic E-state index is 12.5. The summed E-state index contributed by atoms with van der Waals surface area (Å²) >= 11 is 0. The van der Waals surface area contributed by atoms with Crippen LogP contribution in [0.25, 0.3) is 0 Å². The molecule has 1 atom stereocenters. The maximum absolute atomic E-state index is 12.5. The van der Waals surface area contributed by atoms with E-state index in [0.29, 0.717) is 6.61 Å². The molecule has 0 radical (unpaired) electrons. The Labute approximate surface area is 120 Å². The molecule has 1 aliphatic rings. The lowest BCUT2D eigenvalue weighted by atomic mass is 9.67. The number of nitrogens with one attached hydrogen (secondary N) is 1. The third-order valence-electron chi connectivity index (χ3n) is 4.58. The van der Waals surface area contributed by atoms with E-state index < -0.39 is 18.2 Å². The molecule has 0 amide bonds. The molecule has 1 N–H and O–H groups in total. The molecule has 1 saturated carbocycles. The number of rotatable bonds is 6. The maximum Gasteiger partial charge on any atom is 0.389 e. The van der Waals surface area contributed by atoms with Crippen LogP contribution in [0.1, 0.15) is 59.3 Å². The lowest BCUT2D eigenvalue weighted by molar-refractivity contribution is -0.148. The van der Waals surface area contributed by atoms with Crippen molar-refractivity contribution >= 4 is 0 Å². The van der Waals surface area contributed by atoms with Gasteiger partial charge in [-0.25, -0.2) is 0 Å². The van der Waals surface area contributed by atoms with Gasteiger partial charge in [-0.2, -0.15) is 13.2 Å². The summed E-state index contributed by atoms with van der Waals surface area (Å²) in [6, 6.07) is -0.236. The van der Waals surface area contributed by atoms with Gasteiger partial charge < -0.3 is 10.1 Å². The number of ether oxygens (including phenoxy) is 1. The summed E-state index contributed by atoms with van der Waals surface area (Å²) < 4.78 is 43.4. The van der Waals surface area contributed by atoms with Crippen LogP contribution in [0, 0.1) is 5.41 Å². The minimum absolute atomic E-state index is 0.0838. The Morgan fingerprint density at radius 3 is 2.10 bits per heavy atom. The Morgan fingerprint density at radius 1 is 1.15 bits per heavy atom. The van der Waals surface area contributed by atoms with E-state index in [9.17, 15) is 13.2 Å². The highest BCUT2D eigenvalue weighted by Gasteiger charge is 2.45. The van der Waals surface area contributed by atoms with Crippen LogP contribution in [0.3, 0.4) is 0 Å². The molecule has 0 aliphatic heterocycles. The smallest absolute Gasteiger partial charge is 0.374 e. The van der Waals surface area contributed by atoms with Crippen LogP contribution in [-0.2, 0) is 4.74 Å². The number of hydrogen-bond donors (Lipinski definition) is 1. The Morgan fingerprint density at radius 2 is 1.70 bits per heavy atom. The second-order valence-electron chi connectivity index (χ2n) is 6.66. The van der Waals surface area contributed by atoms with E-state index in [1.54, 1.807) is 7.05 Å². The molecular formula is C15H28F3NO. The van der Waals surface area contributed by atoms with Crippen molar-refractivity contribution in [3.8, 4) is 0 Å². The van der Waals surface area contributed by atoms with Crippen LogP contribution >= 0.6 is 0 Å². The van der Waals surface area contributed by atoms with Crippen LogP contribution in [0.5, 0.6) is 0 Å². The summed E-state index contributed by atoms with van der Waals surface area (Å²) in [5.41, 5.74) is -0.173. The summed E-state index contributed by atoms with van der Waals surface area (Å²) in [7, 11) is 1.74. The van der Waals surface area contributed by atoms with Crippen molar-refractivity contribution in [1.82, 2.24) is 5.32 Å². The molecule has 1 aliphatic carbocycles. The molecule has 0 bridgehead atoms. The molecular weight excluding hydrogens is 267 g/mol. The van der Waals surface area contributed by atoms with E-state index in [0.717, 1.165) is 25.7 Å².